The molecule has 1 fully saturated rings. The Hall–Kier alpha value is -0.570. The highest BCUT2D eigenvalue weighted by atomic mass is 35.5. The predicted octanol–water partition coefficient (Wildman–Crippen LogP) is 3.69. The van der Waals surface area contributed by atoms with Crippen LogP contribution in [0.25, 0.3) is 0 Å². The molecule has 2 rings (SSSR count). The van der Waals surface area contributed by atoms with Crippen molar-refractivity contribution in [1.82, 2.24) is 10.2 Å². The molecule has 2 nitrogen and oxygen atoms in total. The molecule has 1 aromatic rings. The van der Waals surface area contributed by atoms with Crippen LogP contribution in [0.2, 0.25) is 5.02 Å². The molecule has 3 heteroatoms. The number of benzene rings is 1. The molecule has 0 atom stereocenters. The Bertz CT molecular complexity index is 386. The first-order valence-electron chi connectivity index (χ1n) is 7.37. The van der Waals surface area contributed by atoms with Gasteiger partial charge in [-0.3, -0.25) is 4.90 Å². The van der Waals surface area contributed by atoms with Crippen LogP contribution in [-0.2, 0) is 6.54 Å². The molecule has 1 N–H and O–H groups in total. The van der Waals surface area contributed by atoms with Crippen molar-refractivity contribution in [1.29, 1.82) is 0 Å². The zero-order valence-electron chi connectivity index (χ0n) is 12.0. The molecule has 0 amide bonds. The molecular formula is C16H25ClN2. The summed E-state index contributed by atoms with van der Waals surface area (Å²) in [6.07, 6.45) is 5.17. The van der Waals surface area contributed by atoms with Crippen LogP contribution >= 0.6 is 11.6 Å². The number of hydrogen-bond donors (Lipinski definition) is 1. The predicted molar refractivity (Wildman–Crippen MR) is 82.6 cm³/mol. The fraction of sp³-hybridized carbons (Fsp3) is 0.625. The summed E-state index contributed by atoms with van der Waals surface area (Å²) in [7, 11) is 2.22. The smallest absolute Gasteiger partial charge is 0.0451 e. The zero-order chi connectivity index (χ0) is 13.7. The van der Waals surface area contributed by atoms with Crippen molar-refractivity contribution >= 4 is 11.6 Å². The van der Waals surface area contributed by atoms with Gasteiger partial charge in [-0.05, 0) is 50.9 Å². The van der Waals surface area contributed by atoms with Gasteiger partial charge in [0, 0.05) is 23.7 Å². The summed E-state index contributed by atoms with van der Waals surface area (Å²) in [5.41, 5.74) is 1.24. The highest BCUT2D eigenvalue weighted by Crippen LogP contribution is 2.25. The Kier molecular flexibility index (Phi) is 5.68. The molecule has 0 bridgehead atoms. The topological polar surface area (TPSA) is 15.3 Å². The Morgan fingerprint density at radius 2 is 1.89 bits per heavy atom. The zero-order valence-corrected chi connectivity index (χ0v) is 12.8. The van der Waals surface area contributed by atoms with Crippen molar-refractivity contribution < 1.29 is 0 Å². The van der Waals surface area contributed by atoms with Gasteiger partial charge < -0.3 is 5.32 Å². The molecule has 19 heavy (non-hydrogen) atoms. The third-order valence-electron chi connectivity index (χ3n) is 4.19. The van der Waals surface area contributed by atoms with Gasteiger partial charge >= 0.3 is 0 Å². The molecule has 1 aromatic carbocycles. The van der Waals surface area contributed by atoms with Gasteiger partial charge in [0.25, 0.3) is 0 Å². The van der Waals surface area contributed by atoms with Crippen LogP contribution in [0.4, 0.5) is 0 Å². The van der Waals surface area contributed by atoms with Crippen molar-refractivity contribution in [3.05, 3.63) is 34.9 Å². The van der Waals surface area contributed by atoms with E-state index in [2.05, 4.69) is 36.3 Å². The van der Waals surface area contributed by atoms with E-state index in [1.54, 1.807) is 0 Å². The van der Waals surface area contributed by atoms with E-state index in [0.29, 0.717) is 6.04 Å². The summed E-state index contributed by atoms with van der Waals surface area (Å²) >= 11 is 6.23. The summed E-state index contributed by atoms with van der Waals surface area (Å²) in [5.74, 6) is 0. The average molecular weight is 281 g/mol. The lowest BCUT2D eigenvalue weighted by Gasteiger charge is -2.35. The molecule has 0 spiro atoms. The standard InChI is InChI=1S/C16H25ClN2/c1-3-18-14-8-10-15(11-9-14)19(2)12-13-6-4-5-7-16(13)17/h4-7,14-15,18H,3,8-12H2,1-2H3. The van der Waals surface area contributed by atoms with E-state index in [0.717, 1.165) is 24.2 Å². The van der Waals surface area contributed by atoms with Crippen LogP contribution in [0.15, 0.2) is 24.3 Å². The summed E-state index contributed by atoms with van der Waals surface area (Å²) in [6.45, 7) is 4.23. The first kappa shape index (κ1) is 14.8. The number of hydrogen-bond acceptors (Lipinski definition) is 2. The summed E-state index contributed by atoms with van der Waals surface area (Å²) < 4.78 is 0. The van der Waals surface area contributed by atoms with Gasteiger partial charge in [-0.25, -0.2) is 0 Å². The first-order valence-corrected chi connectivity index (χ1v) is 7.75. The largest absolute Gasteiger partial charge is 0.314 e. The van der Waals surface area contributed by atoms with Crippen LogP contribution in [0.5, 0.6) is 0 Å². The van der Waals surface area contributed by atoms with E-state index in [9.17, 15) is 0 Å². The fourth-order valence-corrected chi connectivity index (χ4v) is 3.23. The van der Waals surface area contributed by atoms with E-state index >= 15 is 0 Å². The Balaban J connectivity index is 1.85. The maximum Gasteiger partial charge on any atom is 0.0451 e. The van der Waals surface area contributed by atoms with E-state index < -0.39 is 0 Å². The maximum absolute atomic E-state index is 6.23. The molecule has 1 saturated carbocycles. The van der Waals surface area contributed by atoms with Crippen LogP contribution < -0.4 is 5.32 Å². The fourth-order valence-electron chi connectivity index (χ4n) is 3.03. The normalized spacial score (nSPS) is 23.8. The highest BCUT2D eigenvalue weighted by molar-refractivity contribution is 6.31. The number of nitrogens with zero attached hydrogens (tertiary/aromatic N) is 1. The van der Waals surface area contributed by atoms with Gasteiger partial charge in [0.2, 0.25) is 0 Å². The number of halogens is 1. The van der Waals surface area contributed by atoms with Gasteiger partial charge in [-0.2, -0.15) is 0 Å². The number of rotatable bonds is 5. The highest BCUT2D eigenvalue weighted by Gasteiger charge is 2.23. The van der Waals surface area contributed by atoms with Crippen LogP contribution in [0, 0.1) is 0 Å². The summed E-state index contributed by atoms with van der Waals surface area (Å²) in [6, 6.07) is 9.60. The minimum absolute atomic E-state index is 0.700. The molecule has 0 aromatic heterocycles. The minimum Gasteiger partial charge on any atom is -0.314 e. The van der Waals surface area contributed by atoms with E-state index in [1.165, 1.54) is 31.2 Å². The molecule has 0 heterocycles. The molecule has 1 aliphatic carbocycles. The van der Waals surface area contributed by atoms with Crippen molar-refractivity contribution in [2.45, 2.75) is 51.2 Å². The van der Waals surface area contributed by atoms with Crippen molar-refractivity contribution in [3.63, 3.8) is 0 Å². The van der Waals surface area contributed by atoms with E-state index in [-0.39, 0.29) is 0 Å². The van der Waals surface area contributed by atoms with Gasteiger partial charge in [0.15, 0.2) is 0 Å². The molecule has 0 saturated heterocycles. The third-order valence-corrected chi connectivity index (χ3v) is 4.56. The van der Waals surface area contributed by atoms with Crippen molar-refractivity contribution in [2.75, 3.05) is 13.6 Å². The lowest BCUT2D eigenvalue weighted by atomic mass is 9.90. The second kappa shape index (κ2) is 7.28. The van der Waals surface area contributed by atoms with Gasteiger partial charge in [0.05, 0.1) is 0 Å². The molecule has 106 valence electrons. The van der Waals surface area contributed by atoms with Crippen LogP contribution in [0.3, 0.4) is 0 Å². The Labute approximate surface area is 122 Å². The molecule has 0 aliphatic heterocycles. The second-order valence-electron chi connectivity index (χ2n) is 5.57. The quantitative estimate of drug-likeness (QED) is 0.885. The monoisotopic (exact) mass is 280 g/mol. The van der Waals surface area contributed by atoms with Gasteiger partial charge in [0.1, 0.15) is 0 Å². The SMILES string of the molecule is CCNC1CCC(N(C)Cc2ccccc2Cl)CC1. The third kappa shape index (κ3) is 4.20. The Morgan fingerprint density at radius 3 is 2.53 bits per heavy atom. The Morgan fingerprint density at radius 1 is 1.21 bits per heavy atom. The minimum atomic E-state index is 0.700. The van der Waals surface area contributed by atoms with Crippen LogP contribution in [-0.4, -0.2) is 30.6 Å². The molecule has 1 aliphatic rings. The van der Waals surface area contributed by atoms with E-state index in [4.69, 9.17) is 11.6 Å². The lowest BCUT2D eigenvalue weighted by Crippen LogP contribution is -2.40. The maximum atomic E-state index is 6.23. The number of nitrogens with one attached hydrogen (secondary N) is 1. The molecule has 0 radical (unpaired) electrons. The van der Waals surface area contributed by atoms with Crippen molar-refractivity contribution in [2.24, 2.45) is 0 Å². The second-order valence-corrected chi connectivity index (χ2v) is 5.98. The van der Waals surface area contributed by atoms with Gasteiger partial charge in [-0.1, -0.05) is 36.7 Å². The van der Waals surface area contributed by atoms with E-state index in [1.807, 2.05) is 12.1 Å². The molecule has 0 unspecified atom stereocenters. The van der Waals surface area contributed by atoms with Crippen LogP contribution in [0.1, 0.15) is 38.2 Å². The van der Waals surface area contributed by atoms with Gasteiger partial charge in [-0.15, -0.1) is 0 Å². The summed E-state index contributed by atoms with van der Waals surface area (Å²) in [5, 5.41) is 4.45. The molecular weight excluding hydrogens is 256 g/mol. The van der Waals surface area contributed by atoms with Crippen molar-refractivity contribution in [3.8, 4) is 0 Å². The first-order chi connectivity index (χ1) is 9.20. The lowest BCUT2D eigenvalue weighted by molar-refractivity contribution is 0.168. The average Bonchev–Trinajstić information content (AvgIpc) is 2.42. The summed E-state index contributed by atoms with van der Waals surface area (Å²) in [4.78, 5) is 2.46.